The largest absolute Gasteiger partial charge is 0.370 e. The molecule has 1 N–H and O–H groups in total. The number of rotatable bonds is 3. The molecule has 1 aromatic heterocycles. The van der Waals surface area contributed by atoms with Crippen molar-refractivity contribution < 1.29 is 0 Å². The van der Waals surface area contributed by atoms with Gasteiger partial charge in [-0.3, -0.25) is 4.98 Å². The fourth-order valence-corrected chi connectivity index (χ4v) is 2.84. The van der Waals surface area contributed by atoms with Crippen LogP contribution in [0.2, 0.25) is 0 Å². The molecule has 0 saturated carbocycles. The standard InChI is InChI=1S/C14H23N3S/c1-14(2,3)16-11-12-10-13(4-5-15-12)17-6-8-18-9-7-17/h4-5,10,16H,6-9,11H2,1-3H3. The third-order valence-corrected chi connectivity index (χ3v) is 3.92. The van der Waals surface area contributed by atoms with Gasteiger partial charge in [0.1, 0.15) is 0 Å². The van der Waals surface area contributed by atoms with Crippen molar-refractivity contribution in [2.75, 3.05) is 29.5 Å². The van der Waals surface area contributed by atoms with Crippen molar-refractivity contribution >= 4 is 17.4 Å². The molecular weight excluding hydrogens is 242 g/mol. The summed E-state index contributed by atoms with van der Waals surface area (Å²) >= 11 is 2.04. The first-order chi connectivity index (χ1) is 8.54. The second-order valence-electron chi connectivity index (χ2n) is 5.71. The predicted octanol–water partition coefficient (Wildman–Crippen LogP) is 2.52. The van der Waals surface area contributed by atoms with Gasteiger partial charge in [-0.05, 0) is 32.9 Å². The molecular formula is C14H23N3S. The van der Waals surface area contributed by atoms with Crippen molar-refractivity contribution in [1.82, 2.24) is 10.3 Å². The second-order valence-corrected chi connectivity index (χ2v) is 6.93. The molecule has 0 radical (unpaired) electrons. The van der Waals surface area contributed by atoms with Gasteiger partial charge in [0.15, 0.2) is 0 Å². The number of nitrogens with zero attached hydrogens (tertiary/aromatic N) is 2. The van der Waals surface area contributed by atoms with E-state index in [0.29, 0.717) is 0 Å². The van der Waals surface area contributed by atoms with Crippen LogP contribution >= 0.6 is 11.8 Å². The summed E-state index contributed by atoms with van der Waals surface area (Å²) in [5.74, 6) is 2.47. The summed E-state index contributed by atoms with van der Waals surface area (Å²) < 4.78 is 0. The third-order valence-electron chi connectivity index (χ3n) is 2.98. The zero-order valence-electron chi connectivity index (χ0n) is 11.6. The lowest BCUT2D eigenvalue weighted by molar-refractivity contribution is 0.421. The van der Waals surface area contributed by atoms with Gasteiger partial charge < -0.3 is 10.2 Å². The van der Waals surface area contributed by atoms with E-state index in [9.17, 15) is 0 Å². The summed E-state index contributed by atoms with van der Waals surface area (Å²) in [5, 5.41) is 3.48. The number of hydrogen-bond donors (Lipinski definition) is 1. The van der Waals surface area contributed by atoms with Gasteiger partial charge in [0.05, 0.1) is 5.69 Å². The van der Waals surface area contributed by atoms with Gasteiger partial charge in [-0.25, -0.2) is 0 Å². The molecule has 2 heterocycles. The Morgan fingerprint density at radius 1 is 1.33 bits per heavy atom. The van der Waals surface area contributed by atoms with E-state index in [1.807, 2.05) is 18.0 Å². The lowest BCUT2D eigenvalue weighted by Crippen LogP contribution is -2.35. The molecule has 0 aromatic carbocycles. The molecule has 4 heteroatoms. The molecule has 18 heavy (non-hydrogen) atoms. The van der Waals surface area contributed by atoms with Crippen LogP contribution < -0.4 is 10.2 Å². The van der Waals surface area contributed by atoms with Crippen LogP contribution in [0.3, 0.4) is 0 Å². The van der Waals surface area contributed by atoms with Crippen LogP contribution in [0.25, 0.3) is 0 Å². The maximum Gasteiger partial charge on any atom is 0.0562 e. The Morgan fingerprint density at radius 2 is 2.06 bits per heavy atom. The Hall–Kier alpha value is -0.740. The number of pyridine rings is 1. The van der Waals surface area contributed by atoms with Crippen molar-refractivity contribution in [3.05, 3.63) is 24.0 Å². The van der Waals surface area contributed by atoms with Crippen LogP contribution in [-0.4, -0.2) is 35.1 Å². The van der Waals surface area contributed by atoms with Gasteiger partial charge in [0, 0.05) is 48.6 Å². The third kappa shape index (κ3) is 4.18. The SMILES string of the molecule is CC(C)(C)NCc1cc(N2CCSCC2)ccn1. The number of aromatic nitrogens is 1. The molecule has 1 aliphatic rings. The Morgan fingerprint density at radius 3 is 2.72 bits per heavy atom. The van der Waals surface area contributed by atoms with Gasteiger partial charge in [-0.15, -0.1) is 0 Å². The Kier molecular flexibility index (Phi) is 4.51. The molecule has 0 spiro atoms. The highest BCUT2D eigenvalue weighted by Gasteiger charge is 2.13. The molecule has 0 atom stereocenters. The minimum atomic E-state index is 0.138. The fourth-order valence-electron chi connectivity index (χ4n) is 1.94. The lowest BCUT2D eigenvalue weighted by atomic mass is 10.1. The quantitative estimate of drug-likeness (QED) is 0.909. The number of nitrogens with one attached hydrogen (secondary N) is 1. The smallest absolute Gasteiger partial charge is 0.0562 e. The van der Waals surface area contributed by atoms with E-state index in [1.165, 1.54) is 17.2 Å². The Balaban J connectivity index is 2.00. The van der Waals surface area contributed by atoms with E-state index in [2.05, 4.69) is 48.1 Å². The molecule has 1 aliphatic heterocycles. The molecule has 0 bridgehead atoms. The normalized spacial score (nSPS) is 16.9. The van der Waals surface area contributed by atoms with E-state index in [1.54, 1.807) is 0 Å². The van der Waals surface area contributed by atoms with Gasteiger partial charge >= 0.3 is 0 Å². The van der Waals surface area contributed by atoms with Crippen molar-refractivity contribution in [2.24, 2.45) is 0 Å². The molecule has 100 valence electrons. The summed E-state index contributed by atoms with van der Waals surface area (Å²) in [6, 6.07) is 4.34. The highest BCUT2D eigenvalue weighted by atomic mass is 32.2. The van der Waals surface area contributed by atoms with Crippen LogP contribution in [0.5, 0.6) is 0 Å². The number of thioether (sulfide) groups is 1. The van der Waals surface area contributed by atoms with Gasteiger partial charge in [-0.1, -0.05) is 0 Å². The average Bonchev–Trinajstić information content (AvgIpc) is 2.37. The van der Waals surface area contributed by atoms with E-state index in [-0.39, 0.29) is 5.54 Å². The molecule has 1 saturated heterocycles. The van der Waals surface area contributed by atoms with Crippen LogP contribution in [0, 0.1) is 0 Å². The minimum Gasteiger partial charge on any atom is -0.370 e. The van der Waals surface area contributed by atoms with Crippen molar-refractivity contribution in [2.45, 2.75) is 32.9 Å². The zero-order chi connectivity index (χ0) is 13.0. The zero-order valence-corrected chi connectivity index (χ0v) is 12.4. The highest BCUT2D eigenvalue weighted by molar-refractivity contribution is 7.99. The van der Waals surface area contributed by atoms with Crippen LogP contribution in [0.1, 0.15) is 26.5 Å². The first-order valence-electron chi connectivity index (χ1n) is 6.57. The van der Waals surface area contributed by atoms with E-state index < -0.39 is 0 Å². The number of hydrogen-bond acceptors (Lipinski definition) is 4. The summed E-state index contributed by atoms with van der Waals surface area (Å²) in [4.78, 5) is 6.90. The van der Waals surface area contributed by atoms with Gasteiger partial charge in [0.25, 0.3) is 0 Å². The molecule has 0 aliphatic carbocycles. The maximum absolute atomic E-state index is 4.44. The Bertz CT molecular complexity index is 381. The molecule has 1 fully saturated rings. The lowest BCUT2D eigenvalue weighted by Gasteiger charge is -2.28. The number of anilines is 1. The van der Waals surface area contributed by atoms with E-state index in [4.69, 9.17) is 0 Å². The molecule has 1 aromatic rings. The van der Waals surface area contributed by atoms with E-state index >= 15 is 0 Å². The maximum atomic E-state index is 4.44. The van der Waals surface area contributed by atoms with Gasteiger partial charge in [0.2, 0.25) is 0 Å². The minimum absolute atomic E-state index is 0.138. The molecule has 3 nitrogen and oxygen atoms in total. The first kappa shape index (κ1) is 13.7. The van der Waals surface area contributed by atoms with Gasteiger partial charge in [-0.2, -0.15) is 11.8 Å². The van der Waals surface area contributed by atoms with Crippen LogP contribution in [0.15, 0.2) is 18.3 Å². The van der Waals surface area contributed by atoms with E-state index in [0.717, 1.165) is 25.3 Å². The molecule has 0 amide bonds. The molecule has 2 rings (SSSR count). The molecule has 0 unspecified atom stereocenters. The summed E-state index contributed by atoms with van der Waals surface area (Å²) in [7, 11) is 0. The average molecular weight is 265 g/mol. The first-order valence-corrected chi connectivity index (χ1v) is 7.73. The predicted molar refractivity (Wildman–Crippen MR) is 80.4 cm³/mol. The van der Waals surface area contributed by atoms with Crippen molar-refractivity contribution in [3.63, 3.8) is 0 Å². The van der Waals surface area contributed by atoms with Crippen molar-refractivity contribution in [1.29, 1.82) is 0 Å². The van der Waals surface area contributed by atoms with Crippen LogP contribution in [-0.2, 0) is 6.54 Å². The second kappa shape index (κ2) is 5.93. The van der Waals surface area contributed by atoms with Crippen molar-refractivity contribution in [3.8, 4) is 0 Å². The van der Waals surface area contributed by atoms with Crippen LogP contribution in [0.4, 0.5) is 5.69 Å². The highest BCUT2D eigenvalue weighted by Crippen LogP contribution is 2.19. The Labute approximate surface area is 114 Å². The summed E-state index contributed by atoms with van der Waals surface area (Å²) in [5.41, 5.74) is 2.58. The fraction of sp³-hybridized carbons (Fsp3) is 0.643. The monoisotopic (exact) mass is 265 g/mol. The summed E-state index contributed by atoms with van der Waals surface area (Å²) in [6.45, 7) is 9.68. The topological polar surface area (TPSA) is 28.2 Å². The summed E-state index contributed by atoms with van der Waals surface area (Å²) in [6.07, 6.45) is 1.93.